The molecule has 0 aliphatic heterocycles. The summed E-state index contributed by atoms with van der Waals surface area (Å²) in [6.07, 6.45) is 10.1. The number of hydrogen-bond acceptors (Lipinski definition) is 1. The van der Waals surface area contributed by atoms with Gasteiger partial charge in [0.15, 0.2) is 11.0 Å². The van der Waals surface area contributed by atoms with E-state index >= 15 is 0 Å². The second kappa shape index (κ2) is 5.99. The number of rotatable bonds is 4. The highest BCUT2D eigenvalue weighted by Gasteiger charge is 2.23. The van der Waals surface area contributed by atoms with E-state index in [2.05, 4.69) is 33.8 Å². The van der Waals surface area contributed by atoms with Gasteiger partial charge in [0.2, 0.25) is 5.76 Å². The molecule has 22 heavy (non-hydrogen) atoms. The van der Waals surface area contributed by atoms with Gasteiger partial charge < -0.3 is 4.42 Å². The van der Waals surface area contributed by atoms with Crippen molar-refractivity contribution in [2.24, 2.45) is 5.92 Å². The molecule has 0 atom stereocenters. The van der Waals surface area contributed by atoms with Crippen LogP contribution in [0.4, 0.5) is 0 Å². The number of aromatic amines is 1. The SMILES string of the molecule is c1coc(-c2[nH]c3ccccc3[n+]2CCC2CCCCC2)c1. The van der Waals surface area contributed by atoms with E-state index in [1.54, 1.807) is 6.26 Å². The Kier molecular flexibility index (Phi) is 3.71. The van der Waals surface area contributed by atoms with E-state index in [4.69, 9.17) is 4.42 Å². The first-order chi connectivity index (χ1) is 10.9. The van der Waals surface area contributed by atoms with Gasteiger partial charge in [-0.2, -0.15) is 0 Å². The highest BCUT2D eigenvalue weighted by atomic mass is 16.3. The van der Waals surface area contributed by atoms with Crippen LogP contribution in [0, 0.1) is 5.92 Å². The maximum Gasteiger partial charge on any atom is 0.323 e. The van der Waals surface area contributed by atoms with Crippen molar-refractivity contribution < 1.29 is 8.98 Å². The number of para-hydroxylation sites is 2. The first-order valence-electron chi connectivity index (χ1n) is 8.46. The minimum Gasteiger partial charge on any atom is -0.456 e. The Hall–Kier alpha value is -2.03. The van der Waals surface area contributed by atoms with Crippen LogP contribution >= 0.6 is 0 Å². The molecule has 114 valence electrons. The number of nitrogens with zero attached hydrogens (tertiary/aromatic N) is 1. The van der Waals surface area contributed by atoms with Crippen LogP contribution in [-0.4, -0.2) is 4.98 Å². The van der Waals surface area contributed by atoms with E-state index in [1.165, 1.54) is 49.6 Å². The number of aryl methyl sites for hydroxylation is 1. The monoisotopic (exact) mass is 295 g/mol. The fraction of sp³-hybridized carbons (Fsp3) is 0.421. The summed E-state index contributed by atoms with van der Waals surface area (Å²) in [5.74, 6) is 2.89. The molecule has 0 bridgehead atoms. The molecule has 0 spiro atoms. The number of fused-ring (bicyclic) bond motifs is 1. The minimum absolute atomic E-state index is 0.888. The molecule has 1 N–H and O–H groups in total. The normalized spacial score (nSPS) is 16.4. The quantitative estimate of drug-likeness (QED) is 0.696. The highest BCUT2D eigenvalue weighted by molar-refractivity contribution is 5.73. The van der Waals surface area contributed by atoms with Crippen molar-refractivity contribution in [2.45, 2.75) is 45.1 Å². The first kappa shape index (κ1) is 13.6. The molecule has 3 nitrogen and oxygen atoms in total. The van der Waals surface area contributed by atoms with Crippen LogP contribution in [0.3, 0.4) is 0 Å². The predicted molar refractivity (Wildman–Crippen MR) is 87.4 cm³/mol. The molecule has 1 aliphatic carbocycles. The van der Waals surface area contributed by atoms with Crippen molar-refractivity contribution in [2.75, 3.05) is 0 Å². The maximum atomic E-state index is 5.63. The number of imidazole rings is 1. The molecule has 4 rings (SSSR count). The standard InChI is InChI=1S/C19H22N2O/c1-2-7-15(8-3-1)12-13-21-17-10-5-4-9-16(17)20-19(21)18-11-6-14-22-18/h4-6,9-11,14-15H,1-3,7-8,12-13H2/p+1. The molecule has 0 radical (unpaired) electrons. The van der Waals surface area contributed by atoms with Crippen LogP contribution < -0.4 is 4.57 Å². The number of furan rings is 1. The Morgan fingerprint density at radius 1 is 1.05 bits per heavy atom. The Morgan fingerprint density at radius 3 is 2.73 bits per heavy atom. The molecule has 3 heteroatoms. The van der Waals surface area contributed by atoms with E-state index in [9.17, 15) is 0 Å². The number of aromatic nitrogens is 2. The molecule has 1 aromatic carbocycles. The Bertz CT molecular complexity index is 736. The number of H-pyrrole nitrogens is 1. The third-order valence-corrected chi connectivity index (χ3v) is 4.96. The lowest BCUT2D eigenvalue weighted by Gasteiger charge is -2.20. The van der Waals surface area contributed by atoms with Crippen molar-refractivity contribution >= 4 is 11.0 Å². The Morgan fingerprint density at radius 2 is 1.91 bits per heavy atom. The van der Waals surface area contributed by atoms with Gasteiger partial charge in [0.05, 0.1) is 12.8 Å². The average molecular weight is 295 g/mol. The van der Waals surface area contributed by atoms with Gasteiger partial charge in [-0.3, -0.25) is 0 Å². The van der Waals surface area contributed by atoms with Gasteiger partial charge in [-0.1, -0.05) is 44.2 Å². The molecule has 1 fully saturated rings. The number of benzene rings is 1. The second-order valence-corrected chi connectivity index (χ2v) is 6.41. The molecule has 1 saturated carbocycles. The van der Waals surface area contributed by atoms with Crippen LogP contribution in [0.2, 0.25) is 0 Å². The number of hydrogen-bond donors (Lipinski definition) is 1. The lowest BCUT2D eigenvalue weighted by Crippen LogP contribution is -2.36. The molecule has 2 heterocycles. The molecule has 3 aromatic rings. The molecular formula is C19H23N2O+. The summed E-state index contributed by atoms with van der Waals surface area (Å²) >= 11 is 0. The summed E-state index contributed by atoms with van der Waals surface area (Å²) in [5.41, 5.74) is 2.45. The van der Waals surface area contributed by atoms with Gasteiger partial charge in [0.25, 0.3) is 0 Å². The van der Waals surface area contributed by atoms with E-state index in [0.717, 1.165) is 24.0 Å². The highest BCUT2D eigenvalue weighted by Crippen LogP contribution is 2.27. The smallest absolute Gasteiger partial charge is 0.323 e. The molecular weight excluding hydrogens is 272 g/mol. The molecule has 0 unspecified atom stereocenters. The topological polar surface area (TPSA) is 32.8 Å². The van der Waals surface area contributed by atoms with Crippen molar-refractivity contribution in [3.8, 4) is 11.6 Å². The van der Waals surface area contributed by atoms with Crippen molar-refractivity contribution in [1.82, 2.24) is 4.98 Å². The van der Waals surface area contributed by atoms with E-state index in [-0.39, 0.29) is 0 Å². The van der Waals surface area contributed by atoms with Crippen molar-refractivity contribution in [3.63, 3.8) is 0 Å². The lowest BCUT2D eigenvalue weighted by molar-refractivity contribution is -0.662. The summed E-state index contributed by atoms with van der Waals surface area (Å²) in [6.45, 7) is 1.06. The zero-order chi connectivity index (χ0) is 14.8. The van der Waals surface area contributed by atoms with Crippen LogP contribution in [-0.2, 0) is 6.54 Å². The third-order valence-electron chi connectivity index (χ3n) is 4.96. The summed E-state index contributed by atoms with van der Waals surface area (Å²) in [4.78, 5) is 3.52. The van der Waals surface area contributed by atoms with Crippen LogP contribution in [0.5, 0.6) is 0 Å². The first-order valence-corrected chi connectivity index (χ1v) is 8.46. The molecule has 0 saturated heterocycles. The zero-order valence-electron chi connectivity index (χ0n) is 12.9. The van der Waals surface area contributed by atoms with E-state index in [0.29, 0.717) is 0 Å². The van der Waals surface area contributed by atoms with E-state index < -0.39 is 0 Å². The molecule has 2 aromatic heterocycles. The van der Waals surface area contributed by atoms with Crippen molar-refractivity contribution in [3.05, 3.63) is 42.7 Å². The fourth-order valence-electron chi connectivity index (χ4n) is 3.76. The van der Waals surface area contributed by atoms with Crippen LogP contribution in [0.15, 0.2) is 47.1 Å². The Labute approximate surface area is 131 Å². The van der Waals surface area contributed by atoms with Crippen molar-refractivity contribution in [1.29, 1.82) is 0 Å². The molecule has 0 amide bonds. The van der Waals surface area contributed by atoms with Gasteiger partial charge in [0, 0.05) is 0 Å². The minimum atomic E-state index is 0.888. The second-order valence-electron chi connectivity index (χ2n) is 6.41. The van der Waals surface area contributed by atoms with Gasteiger partial charge in [-0.25, -0.2) is 9.55 Å². The average Bonchev–Trinajstić information content (AvgIpc) is 3.21. The Balaban J connectivity index is 1.66. The van der Waals surface area contributed by atoms with Gasteiger partial charge in [-0.05, 0) is 36.6 Å². The lowest BCUT2D eigenvalue weighted by atomic mass is 9.87. The summed E-state index contributed by atoms with van der Waals surface area (Å²) in [7, 11) is 0. The molecule has 1 aliphatic rings. The number of nitrogens with one attached hydrogen (secondary N) is 1. The van der Waals surface area contributed by atoms with Crippen LogP contribution in [0.1, 0.15) is 38.5 Å². The predicted octanol–water partition coefficient (Wildman–Crippen LogP) is 4.69. The zero-order valence-corrected chi connectivity index (χ0v) is 12.9. The summed E-state index contributed by atoms with van der Waals surface area (Å²) < 4.78 is 8.02. The van der Waals surface area contributed by atoms with Gasteiger partial charge in [-0.15, -0.1) is 0 Å². The summed E-state index contributed by atoms with van der Waals surface area (Å²) in [6, 6.07) is 12.5. The fourth-order valence-corrected chi connectivity index (χ4v) is 3.76. The maximum absolute atomic E-state index is 5.63. The summed E-state index contributed by atoms with van der Waals surface area (Å²) in [5, 5.41) is 0. The largest absolute Gasteiger partial charge is 0.456 e. The van der Waals surface area contributed by atoms with Crippen LogP contribution in [0.25, 0.3) is 22.6 Å². The van der Waals surface area contributed by atoms with Gasteiger partial charge in [0.1, 0.15) is 0 Å². The van der Waals surface area contributed by atoms with Gasteiger partial charge >= 0.3 is 5.82 Å². The van der Waals surface area contributed by atoms with E-state index in [1.807, 2.05) is 12.1 Å². The third kappa shape index (κ3) is 2.56.